The number of amides is 3. The number of rotatable bonds is 7. The first kappa shape index (κ1) is 19.8. The third-order valence-corrected chi connectivity index (χ3v) is 4.67. The average molecular weight is 359 g/mol. The fourth-order valence-corrected chi connectivity index (χ4v) is 2.86. The molecule has 7 heteroatoms. The highest BCUT2D eigenvalue weighted by Gasteiger charge is 2.45. The number of imide groups is 1. The van der Waals surface area contributed by atoms with Crippen molar-refractivity contribution in [1.29, 1.82) is 0 Å². The molecule has 3 N–H and O–H groups in total. The van der Waals surface area contributed by atoms with Crippen molar-refractivity contribution in [2.75, 3.05) is 20.1 Å². The summed E-state index contributed by atoms with van der Waals surface area (Å²) in [6.45, 7) is 7.42. The second kappa shape index (κ2) is 8.69. The van der Waals surface area contributed by atoms with E-state index in [1.54, 1.807) is 14.0 Å². The molecule has 0 spiro atoms. The van der Waals surface area contributed by atoms with Crippen LogP contribution in [0.15, 0.2) is 29.3 Å². The summed E-state index contributed by atoms with van der Waals surface area (Å²) in [6.07, 6.45) is 1.24. The maximum atomic E-state index is 12.3. The third kappa shape index (κ3) is 4.74. The van der Waals surface area contributed by atoms with E-state index < -0.39 is 5.54 Å². The van der Waals surface area contributed by atoms with Crippen molar-refractivity contribution in [3.05, 3.63) is 35.4 Å². The van der Waals surface area contributed by atoms with Gasteiger partial charge in [0.2, 0.25) is 0 Å². The standard InChI is InChI=1S/C19H29N5O2/c1-5-19(3)16(25)24(18(26)23-19)11-7-10-21-17(20-4)22-13-15-9-6-8-14(2)12-15/h6,8-9,12H,5,7,10-11,13H2,1-4H3,(H,23,26)(H2,20,21,22). The molecule has 1 unspecified atom stereocenters. The molecule has 1 aromatic carbocycles. The van der Waals surface area contributed by atoms with Crippen LogP contribution in [-0.2, 0) is 11.3 Å². The van der Waals surface area contributed by atoms with E-state index in [9.17, 15) is 9.59 Å². The fourth-order valence-electron chi connectivity index (χ4n) is 2.86. The van der Waals surface area contributed by atoms with Crippen LogP contribution in [0.25, 0.3) is 0 Å². The number of hydrogen-bond acceptors (Lipinski definition) is 3. The Morgan fingerprint density at radius 2 is 2.08 bits per heavy atom. The molecule has 0 aromatic heterocycles. The normalized spacial score (nSPS) is 20.3. The van der Waals surface area contributed by atoms with Crippen LogP contribution in [-0.4, -0.2) is 48.5 Å². The maximum Gasteiger partial charge on any atom is 0.325 e. The topological polar surface area (TPSA) is 85.8 Å². The Hall–Kier alpha value is -2.57. The molecule has 3 amide bonds. The van der Waals surface area contributed by atoms with Crippen LogP contribution in [0.4, 0.5) is 4.79 Å². The molecule has 7 nitrogen and oxygen atoms in total. The van der Waals surface area contributed by atoms with E-state index >= 15 is 0 Å². The van der Waals surface area contributed by atoms with Crippen molar-refractivity contribution in [3.63, 3.8) is 0 Å². The van der Waals surface area contributed by atoms with Gasteiger partial charge in [-0.05, 0) is 32.3 Å². The van der Waals surface area contributed by atoms with Crippen molar-refractivity contribution in [2.24, 2.45) is 4.99 Å². The Balaban J connectivity index is 1.74. The van der Waals surface area contributed by atoms with Crippen LogP contribution in [0.1, 0.15) is 37.8 Å². The second-order valence-electron chi connectivity index (χ2n) is 6.77. The summed E-state index contributed by atoms with van der Waals surface area (Å²) < 4.78 is 0. The Bertz CT molecular complexity index is 688. The molecular weight excluding hydrogens is 330 g/mol. The number of hydrogen-bond donors (Lipinski definition) is 3. The van der Waals surface area contributed by atoms with E-state index in [1.807, 2.05) is 13.0 Å². The average Bonchev–Trinajstić information content (AvgIpc) is 2.84. The lowest BCUT2D eigenvalue weighted by Crippen LogP contribution is -2.43. The zero-order valence-electron chi connectivity index (χ0n) is 16.1. The summed E-state index contributed by atoms with van der Waals surface area (Å²) >= 11 is 0. The van der Waals surface area contributed by atoms with Crippen molar-refractivity contribution in [3.8, 4) is 0 Å². The highest BCUT2D eigenvalue weighted by Crippen LogP contribution is 2.20. The lowest BCUT2D eigenvalue weighted by molar-refractivity contribution is -0.130. The molecule has 1 fully saturated rings. The zero-order chi connectivity index (χ0) is 19.2. The minimum absolute atomic E-state index is 0.146. The molecule has 1 aliphatic heterocycles. The Morgan fingerprint density at radius 1 is 1.31 bits per heavy atom. The maximum absolute atomic E-state index is 12.3. The van der Waals surface area contributed by atoms with Gasteiger partial charge in [-0.2, -0.15) is 0 Å². The first-order valence-corrected chi connectivity index (χ1v) is 9.04. The predicted molar refractivity (Wildman–Crippen MR) is 103 cm³/mol. The fraction of sp³-hybridized carbons (Fsp3) is 0.526. The third-order valence-electron chi connectivity index (χ3n) is 4.67. The van der Waals surface area contributed by atoms with Crippen molar-refractivity contribution in [1.82, 2.24) is 20.9 Å². The van der Waals surface area contributed by atoms with Crippen LogP contribution >= 0.6 is 0 Å². The number of guanidine groups is 1. The summed E-state index contributed by atoms with van der Waals surface area (Å²) in [5, 5.41) is 9.24. The molecule has 0 aliphatic carbocycles. The molecule has 1 aromatic rings. The van der Waals surface area contributed by atoms with Crippen LogP contribution in [0, 0.1) is 6.92 Å². The second-order valence-corrected chi connectivity index (χ2v) is 6.77. The minimum Gasteiger partial charge on any atom is -0.356 e. The van der Waals surface area contributed by atoms with Crippen LogP contribution in [0.5, 0.6) is 0 Å². The number of urea groups is 1. The van der Waals surface area contributed by atoms with Crippen LogP contribution < -0.4 is 16.0 Å². The van der Waals surface area contributed by atoms with Crippen LogP contribution in [0.3, 0.4) is 0 Å². The number of aliphatic imine (C=N–C) groups is 1. The lowest BCUT2D eigenvalue weighted by atomic mass is 9.99. The molecule has 26 heavy (non-hydrogen) atoms. The van der Waals surface area contributed by atoms with Gasteiger partial charge in [-0.25, -0.2) is 4.79 Å². The number of nitrogens with zero attached hydrogens (tertiary/aromatic N) is 2. The Kier molecular flexibility index (Phi) is 6.60. The largest absolute Gasteiger partial charge is 0.356 e. The molecule has 0 radical (unpaired) electrons. The van der Waals surface area contributed by atoms with E-state index in [0.29, 0.717) is 38.4 Å². The van der Waals surface area contributed by atoms with E-state index in [1.165, 1.54) is 16.0 Å². The number of carbonyl (C=O) groups is 2. The Morgan fingerprint density at radius 3 is 2.69 bits per heavy atom. The SMILES string of the molecule is CCC1(C)NC(=O)N(CCCNC(=NC)NCc2cccc(C)c2)C1=O. The van der Waals surface area contributed by atoms with Gasteiger partial charge in [-0.1, -0.05) is 36.8 Å². The van der Waals surface area contributed by atoms with E-state index in [2.05, 4.69) is 46.1 Å². The first-order chi connectivity index (χ1) is 12.4. The van der Waals surface area contributed by atoms with Gasteiger partial charge in [0.15, 0.2) is 5.96 Å². The molecule has 1 aliphatic rings. The summed E-state index contributed by atoms with van der Waals surface area (Å²) in [5.74, 6) is 0.550. The molecule has 0 saturated carbocycles. The smallest absolute Gasteiger partial charge is 0.325 e. The molecule has 2 rings (SSSR count). The lowest BCUT2D eigenvalue weighted by Gasteiger charge is -2.19. The molecule has 1 saturated heterocycles. The minimum atomic E-state index is -0.768. The summed E-state index contributed by atoms with van der Waals surface area (Å²) in [7, 11) is 1.72. The summed E-state index contributed by atoms with van der Waals surface area (Å²) in [5.41, 5.74) is 1.64. The number of aryl methyl sites for hydroxylation is 1. The van der Waals surface area contributed by atoms with Gasteiger partial charge in [-0.15, -0.1) is 0 Å². The summed E-state index contributed by atoms with van der Waals surface area (Å²) in [4.78, 5) is 29.8. The van der Waals surface area contributed by atoms with Crippen molar-refractivity contribution in [2.45, 2.75) is 45.7 Å². The monoisotopic (exact) mass is 359 g/mol. The molecule has 1 atom stereocenters. The zero-order valence-corrected chi connectivity index (χ0v) is 16.1. The molecule has 142 valence electrons. The first-order valence-electron chi connectivity index (χ1n) is 9.04. The molecule has 0 bridgehead atoms. The van der Waals surface area contributed by atoms with Gasteiger partial charge < -0.3 is 16.0 Å². The van der Waals surface area contributed by atoms with Gasteiger partial charge in [0.1, 0.15) is 5.54 Å². The quantitative estimate of drug-likeness (QED) is 0.300. The Labute approximate surface area is 155 Å². The van der Waals surface area contributed by atoms with E-state index in [0.717, 1.165) is 0 Å². The predicted octanol–water partition coefficient (Wildman–Crippen LogP) is 1.77. The number of carbonyl (C=O) groups excluding carboxylic acids is 2. The molecular formula is C19H29N5O2. The summed E-state index contributed by atoms with van der Waals surface area (Å²) in [6, 6.07) is 7.99. The van der Waals surface area contributed by atoms with Gasteiger partial charge >= 0.3 is 6.03 Å². The van der Waals surface area contributed by atoms with Crippen LogP contribution in [0.2, 0.25) is 0 Å². The van der Waals surface area contributed by atoms with E-state index in [4.69, 9.17) is 0 Å². The van der Waals surface area contributed by atoms with Crippen molar-refractivity contribution < 1.29 is 9.59 Å². The van der Waals surface area contributed by atoms with Crippen molar-refractivity contribution >= 4 is 17.9 Å². The molecule has 1 heterocycles. The number of nitrogens with one attached hydrogen (secondary N) is 3. The van der Waals surface area contributed by atoms with Gasteiger partial charge in [0.25, 0.3) is 5.91 Å². The van der Waals surface area contributed by atoms with Gasteiger partial charge in [-0.3, -0.25) is 14.7 Å². The highest BCUT2D eigenvalue weighted by atomic mass is 16.2. The van der Waals surface area contributed by atoms with E-state index in [-0.39, 0.29) is 11.9 Å². The van der Waals surface area contributed by atoms with Gasteiger partial charge in [0, 0.05) is 26.7 Å². The number of benzene rings is 1. The highest BCUT2D eigenvalue weighted by molar-refractivity contribution is 6.06. The van der Waals surface area contributed by atoms with Gasteiger partial charge in [0.05, 0.1) is 0 Å².